The Labute approximate surface area is 122 Å². The molecule has 2 bridgehead atoms. The Morgan fingerprint density at radius 2 is 1.95 bits per heavy atom. The highest BCUT2D eigenvalue weighted by molar-refractivity contribution is 7.98. The van der Waals surface area contributed by atoms with E-state index in [1.807, 2.05) is 18.4 Å². The molecule has 6 heteroatoms. The van der Waals surface area contributed by atoms with Gasteiger partial charge in [-0.2, -0.15) is 11.8 Å². The first kappa shape index (κ1) is 15.4. The van der Waals surface area contributed by atoms with Crippen LogP contribution in [-0.2, 0) is 9.59 Å². The first-order valence-electron chi connectivity index (χ1n) is 6.76. The smallest absolute Gasteiger partial charge is 0.307 e. The summed E-state index contributed by atoms with van der Waals surface area (Å²) in [5, 5.41) is 22.1. The molecule has 1 saturated carbocycles. The molecule has 0 radical (unpaired) electrons. The fraction of sp³-hybridized carbons (Fsp3) is 0.714. The molecule has 0 aliphatic heterocycles. The standard InChI is InChI=1S/C14H21NO4S/c1-14(19,7-20-2)6-15-12(16)10-8-3-4-9(5-8)11(10)13(17)18/h3-4,8-11,19H,5-7H2,1-2H3,(H,15,16)(H,17,18)/t8?,9?,10-,11+,14?/m0/s1. The maximum atomic E-state index is 12.3. The number of nitrogens with one attached hydrogen (secondary N) is 1. The van der Waals surface area contributed by atoms with Crippen molar-refractivity contribution in [1.82, 2.24) is 5.32 Å². The minimum Gasteiger partial charge on any atom is -0.481 e. The summed E-state index contributed by atoms with van der Waals surface area (Å²) >= 11 is 1.50. The zero-order valence-corrected chi connectivity index (χ0v) is 12.5. The van der Waals surface area contributed by atoms with Gasteiger partial charge in [0.05, 0.1) is 17.4 Å². The molecular weight excluding hydrogens is 278 g/mol. The van der Waals surface area contributed by atoms with Gasteiger partial charge in [0.25, 0.3) is 0 Å². The summed E-state index contributed by atoms with van der Waals surface area (Å²) in [7, 11) is 0. The average molecular weight is 299 g/mol. The number of thioether (sulfide) groups is 1. The van der Waals surface area contributed by atoms with Gasteiger partial charge in [-0.05, 0) is 31.4 Å². The quantitative estimate of drug-likeness (QED) is 0.630. The van der Waals surface area contributed by atoms with Crippen LogP contribution in [0.1, 0.15) is 13.3 Å². The summed E-state index contributed by atoms with van der Waals surface area (Å²) in [5.74, 6) is -1.78. The number of carbonyl (C=O) groups excluding carboxylic acids is 1. The van der Waals surface area contributed by atoms with Crippen LogP contribution < -0.4 is 5.32 Å². The van der Waals surface area contributed by atoms with Crippen molar-refractivity contribution < 1.29 is 19.8 Å². The van der Waals surface area contributed by atoms with Crippen LogP contribution in [0.4, 0.5) is 0 Å². The molecule has 5 nitrogen and oxygen atoms in total. The Morgan fingerprint density at radius 3 is 2.50 bits per heavy atom. The predicted octanol–water partition coefficient (Wildman–Crippen LogP) is 0.740. The normalized spacial score (nSPS) is 34.0. The van der Waals surface area contributed by atoms with E-state index in [1.54, 1.807) is 6.92 Å². The van der Waals surface area contributed by atoms with Crippen molar-refractivity contribution in [2.45, 2.75) is 18.9 Å². The SMILES string of the molecule is CSCC(C)(O)CNC(=O)[C@H]1C2C=CC(C2)[C@H]1C(=O)O. The topological polar surface area (TPSA) is 86.6 Å². The first-order valence-corrected chi connectivity index (χ1v) is 8.15. The fourth-order valence-electron chi connectivity index (χ4n) is 3.27. The van der Waals surface area contributed by atoms with Crippen LogP contribution in [0.2, 0.25) is 0 Å². The molecule has 20 heavy (non-hydrogen) atoms. The van der Waals surface area contributed by atoms with E-state index in [1.165, 1.54) is 11.8 Å². The molecule has 0 saturated heterocycles. The first-order chi connectivity index (χ1) is 9.35. The van der Waals surface area contributed by atoms with E-state index >= 15 is 0 Å². The molecule has 0 heterocycles. The molecule has 0 spiro atoms. The maximum Gasteiger partial charge on any atom is 0.307 e. The third-order valence-electron chi connectivity index (χ3n) is 4.15. The van der Waals surface area contributed by atoms with E-state index in [0.29, 0.717) is 5.75 Å². The van der Waals surface area contributed by atoms with Gasteiger partial charge in [-0.3, -0.25) is 9.59 Å². The van der Waals surface area contributed by atoms with Crippen molar-refractivity contribution in [2.24, 2.45) is 23.7 Å². The monoisotopic (exact) mass is 299 g/mol. The fourth-order valence-corrected chi connectivity index (χ4v) is 4.00. The van der Waals surface area contributed by atoms with E-state index < -0.39 is 23.4 Å². The van der Waals surface area contributed by atoms with Crippen LogP contribution in [0.25, 0.3) is 0 Å². The molecule has 0 aromatic heterocycles. The Morgan fingerprint density at radius 1 is 1.35 bits per heavy atom. The zero-order chi connectivity index (χ0) is 14.9. The van der Waals surface area contributed by atoms with Crippen LogP contribution in [0.15, 0.2) is 12.2 Å². The van der Waals surface area contributed by atoms with Crippen LogP contribution in [0.5, 0.6) is 0 Å². The van der Waals surface area contributed by atoms with E-state index in [2.05, 4.69) is 5.32 Å². The summed E-state index contributed by atoms with van der Waals surface area (Å²) in [6.07, 6.45) is 6.50. The number of amides is 1. The van der Waals surface area contributed by atoms with Gasteiger partial charge < -0.3 is 15.5 Å². The third kappa shape index (κ3) is 3.01. The number of carbonyl (C=O) groups is 2. The van der Waals surface area contributed by atoms with Crippen molar-refractivity contribution in [2.75, 3.05) is 18.6 Å². The Balaban J connectivity index is 1.99. The molecule has 0 aromatic carbocycles. The molecular formula is C14H21NO4S. The van der Waals surface area contributed by atoms with Gasteiger partial charge in [0.15, 0.2) is 0 Å². The predicted molar refractivity (Wildman–Crippen MR) is 77.4 cm³/mol. The van der Waals surface area contributed by atoms with Gasteiger partial charge in [-0.25, -0.2) is 0 Å². The third-order valence-corrected chi connectivity index (χ3v) is 5.06. The second-order valence-corrected chi connectivity index (χ2v) is 6.85. The summed E-state index contributed by atoms with van der Waals surface area (Å²) in [6, 6.07) is 0. The largest absolute Gasteiger partial charge is 0.481 e. The van der Waals surface area contributed by atoms with Crippen LogP contribution >= 0.6 is 11.8 Å². The number of rotatable bonds is 6. The zero-order valence-electron chi connectivity index (χ0n) is 11.7. The van der Waals surface area contributed by atoms with E-state index in [-0.39, 0.29) is 24.3 Å². The maximum absolute atomic E-state index is 12.3. The number of fused-ring (bicyclic) bond motifs is 2. The molecule has 112 valence electrons. The number of hydrogen-bond donors (Lipinski definition) is 3. The number of carboxylic acids is 1. The summed E-state index contributed by atoms with van der Waals surface area (Å²) in [4.78, 5) is 23.6. The second-order valence-electron chi connectivity index (χ2n) is 5.99. The van der Waals surface area contributed by atoms with Crippen molar-refractivity contribution in [1.29, 1.82) is 0 Å². The molecule has 1 fully saturated rings. The molecule has 2 aliphatic rings. The lowest BCUT2D eigenvalue weighted by Crippen LogP contribution is -2.47. The number of aliphatic hydroxyl groups is 1. The highest BCUT2D eigenvalue weighted by Crippen LogP contribution is 2.48. The second kappa shape index (κ2) is 5.77. The Kier molecular flexibility index (Phi) is 4.44. The Bertz CT molecular complexity index is 435. The minimum absolute atomic E-state index is 0.0200. The molecule has 5 atom stereocenters. The van der Waals surface area contributed by atoms with Crippen molar-refractivity contribution in [3.63, 3.8) is 0 Å². The molecule has 1 amide bonds. The lowest BCUT2D eigenvalue weighted by molar-refractivity contribution is -0.148. The van der Waals surface area contributed by atoms with Crippen LogP contribution in [-0.4, -0.2) is 46.2 Å². The van der Waals surface area contributed by atoms with Crippen molar-refractivity contribution >= 4 is 23.6 Å². The lowest BCUT2D eigenvalue weighted by atomic mass is 9.82. The van der Waals surface area contributed by atoms with Gasteiger partial charge in [0.1, 0.15) is 0 Å². The number of carboxylic acid groups (broad SMARTS) is 1. The number of hydrogen-bond acceptors (Lipinski definition) is 4. The minimum atomic E-state index is -0.971. The summed E-state index contributed by atoms with van der Waals surface area (Å²) in [5.41, 5.74) is -0.971. The van der Waals surface area contributed by atoms with E-state index in [0.717, 1.165) is 6.42 Å². The van der Waals surface area contributed by atoms with Gasteiger partial charge in [-0.15, -0.1) is 0 Å². The number of allylic oxidation sites excluding steroid dienone is 2. The molecule has 3 unspecified atom stereocenters. The highest BCUT2D eigenvalue weighted by Gasteiger charge is 2.51. The van der Waals surface area contributed by atoms with Gasteiger partial charge >= 0.3 is 5.97 Å². The van der Waals surface area contributed by atoms with E-state index in [4.69, 9.17) is 0 Å². The summed E-state index contributed by atoms with van der Waals surface area (Å²) in [6.45, 7) is 1.82. The molecule has 0 aromatic rings. The van der Waals surface area contributed by atoms with Crippen LogP contribution in [0.3, 0.4) is 0 Å². The number of aliphatic carboxylic acids is 1. The molecule has 2 rings (SSSR count). The van der Waals surface area contributed by atoms with Gasteiger partial charge in [-0.1, -0.05) is 12.2 Å². The van der Waals surface area contributed by atoms with E-state index in [9.17, 15) is 19.8 Å². The lowest BCUT2D eigenvalue weighted by Gasteiger charge is -2.27. The van der Waals surface area contributed by atoms with Crippen molar-refractivity contribution in [3.05, 3.63) is 12.2 Å². The van der Waals surface area contributed by atoms with Crippen LogP contribution in [0, 0.1) is 23.7 Å². The van der Waals surface area contributed by atoms with Gasteiger partial charge in [0, 0.05) is 12.3 Å². The Hall–Kier alpha value is -1.01. The summed E-state index contributed by atoms with van der Waals surface area (Å²) < 4.78 is 0. The molecule has 3 N–H and O–H groups in total. The highest BCUT2D eigenvalue weighted by atomic mass is 32.2. The van der Waals surface area contributed by atoms with Crippen molar-refractivity contribution in [3.8, 4) is 0 Å². The van der Waals surface area contributed by atoms with Gasteiger partial charge in [0.2, 0.25) is 5.91 Å². The average Bonchev–Trinajstić information content (AvgIpc) is 2.95. The molecule has 2 aliphatic carbocycles.